The number of aliphatic imine (C=N–C) groups is 1. The third-order valence-electron chi connectivity index (χ3n) is 2.86. The van der Waals surface area contributed by atoms with Gasteiger partial charge in [-0.2, -0.15) is 10.3 Å². The van der Waals surface area contributed by atoms with Crippen LogP contribution in [0.1, 0.15) is 0 Å². The fourth-order valence-corrected chi connectivity index (χ4v) is 2.47. The van der Waals surface area contributed by atoms with Crippen molar-refractivity contribution in [1.82, 2.24) is 10.2 Å². The summed E-state index contributed by atoms with van der Waals surface area (Å²) in [6, 6.07) is 5.41. The van der Waals surface area contributed by atoms with Crippen LogP contribution in [0.15, 0.2) is 23.2 Å². The highest BCUT2D eigenvalue weighted by atomic mass is 35.5. The molecular formula is C13H11Cl2N5O2. The van der Waals surface area contributed by atoms with E-state index in [1.807, 2.05) is 6.07 Å². The summed E-state index contributed by atoms with van der Waals surface area (Å²) >= 11 is 11.9. The van der Waals surface area contributed by atoms with Crippen molar-refractivity contribution in [3.8, 4) is 6.07 Å². The molecule has 1 aliphatic heterocycles. The monoisotopic (exact) mass is 339 g/mol. The molecule has 0 unspecified atom stereocenters. The van der Waals surface area contributed by atoms with E-state index in [2.05, 4.69) is 10.3 Å². The maximum absolute atomic E-state index is 12.4. The third kappa shape index (κ3) is 3.30. The quantitative estimate of drug-likeness (QED) is 0.839. The van der Waals surface area contributed by atoms with Crippen LogP contribution >= 0.6 is 23.2 Å². The molecule has 1 heterocycles. The first-order valence-electron chi connectivity index (χ1n) is 6.17. The highest BCUT2D eigenvalue weighted by Crippen LogP contribution is 2.28. The van der Waals surface area contributed by atoms with E-state index >= 15 is 0 Å². The Kier molecular flexibility index (Phi) is 4.85. The van der Waals surface area contributed by atoms with E-state index in [0.717, 1.165) is 0 Å². The number of halogens is 2. The number of carbonyl (C=O) groups excluding carboxylic acids is 2. The molecule has 0 bridgehead atoms. The van der Waals surface area contributed by atoms with Crippen LogP contribution in [0.3, 0.4) is 0 Å². The van der Waals surface area contributed by atoms with Crippen LogP contribution in [0, 0.1) is 11.3 Å². The van der Waals surface area contributed by atoms with Crippen LogP contribution in [0.4, 0.5) is 15.3 Å². The Morgan fingerprint density at radius 2 is 2.05 bits per heavy atom. The Morgan fingerprint density at radius 1 is 1.41 bits per heavy atom. The van der Waals surface area contributed by atoms with Crippen molar-refractivity contribution >= 4 is 46.8 Å². The van der Waals surface area contributed by atoms with E-state index in [-0.39, 0.29) is 18.9 Å². The van der Waals surface area contributed by atoms with Gasteiger partial charge in [0.05, 0.1) is 18.3 Å². The number of hydrogen-bond acceptors (Lipinski definition) is 3. The second kappa shape index (κ2) is 6.64. The van der Waals surface area contributed by atoms with Crippen molar-refractivity contribution in [2.24, 2.45) is 4.99 Å². The zero-order valence-electron chi connectivity index (χ0n) is 11.5. The molecular weight excluding hydrogens is 329 g/mol. The zero-order chi connectivity index (χ0) is 16.3. The molecule has 0 aromatic heterocycles. The number of nitrogens with zero attached hydrogens (tertiary/aromatic N) is 4. The topological polar surface area (TPSA) is 88.8 Å². The summed E-state index contributed by atoms with van der Waals surface area (Å²) in [6.07, 6.45) is 0. The van der Waals surface area contributed by atoms with Gasteiger partial charge in [0.25, 0.3) is 0 Å². The predicted octanol–water partition coefficient (Wildman–Crippen LogP) is 2.50. The average Bonchev–Trinajstić information content (AvgIpc) is 2.74. The van der Waals surface area contributed by atoms with Gasteiger partial charge in [-0.3, -0.25) is 0 Å². The molecule has 1 N–H and O–H groups in total. The van der Waals surface area contributed by atoms with Gasteiger partial charge < -0.3 is 10.2 Å². The standard InChI is InChI=1S/C13H11Cl2N5O2/c1-17-12(21)18-11-7-19(3-2-16)13(22)20(11)10-5-8(14)4-9(15)6-10/h4-6H,3,7H2,1H3,(H,17,21)/b18-11+. The second-order valence-corrected chi connectivity index (χ2v) is 5.22. The molecule has 0 saturated carbocycles. The molecule has 0 atom stereocenters. The Hall–Kier alpha value is -2.30. The molecule has 114 valence electrons. The number of carbonyl (C=O) groups is 2. The maximum Gasteiger partial charge on any atom is 0.342 e. The predicted molar refractivity (Wildman–Crippen MR) is 83.4 cm³/mol. The van der Waals surface area contributed by atoms with E-state index < -0.39 is 12.1 Å². The van der Waals surface area contributed by atoms with Gasteiger partial charge in [0.2, 0.25) is 0 Å². The molecule has 4 amide bonds. The summed E-state index contributed by atoms with van der Waals surface area (Å²) < 4.78 is 0. The number of rotatable bonds is 2. The van der Waals surface area contributed by atoms with Crippen molar-refractivity contribution in [2.45, 2.75) is 0 Å². The Bertz CT molecular complexity index is 678. The summed E-state index contributed by atoms with van der Waals surface area (Å²) in [4.78, 5) is 30.2. The van der Waals surface area contributed by atoms with Crippen LogP contribution in [-0.2, 0) is 0 Å². The van der Waals surface area contributed by atoms with Crippen LogP contribution in [0.5, 0.6) is 0 Å². The van der Waals surface area contributed by atoms with Crippen molar-refractivity contribution in [1.29, 1.82) is 5.26 Å². The number of benzene rings is 1. The third-order valence-corrected chi connectivity index (χ3v) is 3.30. The molecule has 0 spiro atoms. The van der Waals surface area contributed by atoms with E-state index in [0.29, 0.717) is 15.7 Å². The fraction of sp³-hybridized carbons (Fsp3) is 0.231. The second-order valence-electron chi connectivity index (χ2n) is 4.34. The number of anilines is 1. The molecule has 22 heavy (non-hydrogen) atoms. The first kappa shape index (κ1) is 16.1. The van der Waals surface area contributed by atoms with E-state index in [4.69, 9.17) is 28.5 Å². The SMILES string of the molecule is CNC(=O)/N=C1\CN(CC#N)C(=O)N1c1cc(Cl)cc(Cl)c1. The first-order valence-corrected chi connectivity index (χ1v) is 6.93. The highest BCUT2D eigenvalue weighted by molar-refractivity contribution is 6.35. The van der Waals surface area contributed by atoms with Crippen LogP contribution in [0.2, 0.25) is 10.0 Å². The van der Waals surface area contributed by atoms with Gasteiger partial charge in [0, 0.05) is 17.1 Å². The van der Waals surface area contributed by atoms with Crippen LogP contribution in [0.25, 0.3) is 0 Å². The minimum Gasteiger partial charge on any atom is -0.339 e. The lowest BCUT2D eigenvalue weighted by atomic mass is 10.3. The van der Waals surface area contributed by atoms with Gasteiger partial charge in [-0.1, -0.05) is 23.2 Å². The lowest BCUT2D eigenvalue weighted by Gasteiger charge is -2.17. The summed E-state index contributed by atoms with van der Waals surface area (Å²) in [6.45, 7) is -0.0691. The fourth-order valence-electron chi connectivity index (χ4n) is 1.96. The average molecular weight is 340 g/mol. The summed E-state index contributed by atoms with van der Waals surface area (Å²) in [5.74, 6) is 0.193. The molecule has 7 nitrogen and oxygen atoms in total. The van der Waals surface area contributed by atoms with Crippen LogP contribution in [-0.4, -0.2) is 42.9 Å². The van der Waals surface area contributed by atoms with Gasteiger partial charge in [0.15, 0.2) is 0 Å². The summed E-state index contributed by atoms with van der Waals surface area (Å²) in [7, 11) is 1.43. The molecule has 0 aliphatic carbocycles. The molecule has 0 radical (unpaired) electrons. The van der Waals surface area contributed by atoms with Gasteiger partial charge in [-0.15, -0.1) is 0 Å². The minimum absolute atomic E-state index is 0.0456. The molecule has 1 aliphatic rings. The number of hydrogen-bond donors (Lipinski definition) is 1. The van der Waals surface area contributed by atoms with Crippen molar-refractivity contribution in [3.63, 3.8) is 0 Å². The highest BCUT2D eigenvalue weighted by Gasteiger charge is 2.36. The maximum atomic E-state index is 12.4. The number of urea groups is 2. The van der Waals surface area contributed by atoms with Gasteiger partial charge in [0.1, 0.15) is 12.4 Å². The summed E-state index contributed by atoms with van der Waals surface area (Å²) in [5.41, 5.74) is 0.380. The number of nitrogens with one attached hydrogen (secondary N) is 1. The Balaban J connectivity index is 2.47. The summed E-state index contributed by atoms with van der Waals surface area (Å²) in [5, 5.41) is 11.8. The number of nitriles is 1. The number of amides is 4. The van der Waals surface area contributed by atoms with Gasteiger partial charge in [-0.05, 0) is 18.2 Å². The first-order chi connectivity index (χ1) is 10.5. The van der Waals surface area contributed by atoms with Crippen LogP contribution < -0.4 is 10.2 Å². The Morgan fingerprint density at radius 3 is 2.59 bits per heavy atom. The largest absolute Gasteiger partial charge is 0.342 e. The Labute approximate surface area is 136 Å². The number of amidine groups is 1. The van der Waals surface area contributed by atoms with E-state index in [1.165, 1.54) is 35.0 Å². The lowest BCUT2D eigenvalue weighted by Crippen LogP contribution is -2.33. The van der Waals surface area contributed by atoms with E-state index in [1.54, 1.807) is 0 Å². The van der Waals surface area contributed by atoms with Gasteiger partial charge in [-0.25, -0.2) is 14.5 Å². The molecule has 1 fully saturated rings. The van der Waals surface area contributed by atoms with E-state index in [9.17, 15) is 9.59 Å². The normalized spacial score (nSPS) is 16.1. The molecule has 9 heteroatoms. The van der Waals surface area contributed by atoms with Crippen molar-refractivity contribution in [3.05, 3.63) is 28.2 Å². The molecule has 2 rings (SSSR count). The molecule has 1 aromatic carbocycles. The molecule has 1 aromatic rings. The molecule has 1 saturated heterocycles. The van der Waals surface area contributed by atoms with Crippen molar-refractivity contribution in [2.75, 3.05) is 25.0 Å². The van der Waals surface area contributed by atoms with Crippen molar-refractivity contribution < 1.29 is 9.59 Å². The lowest BCUT2D eigenvalue weighted by molar-refractivity contribution is 0.225. The van der Waals surface area contributed by atoms with Gasteiger partial charge >= 0.3 is 12.1 Å². The zero-order valence-corrected chi connectivity index (χ0v) is 13.0. The smallest absolute Gasteiger partial charge is 0.339 e. The minimum atomic E-state index is -0.597.